The number of methoxy groups -OCH3 is 1. The zero-order valence-electron chi connectivity index (χ0n) is 27.7. The zero-order chi connectivity index (χ0) is 33.6. The van der Waals surface area contributed by atoms with Gasteiger partial charge >= 0.3 is 0 Å². The molecule has 0 radical (unpaired) electrons. The Balaban J connectivity index is 1.06. The van der Waals surface area contributed by atoms with Crippen LogP contribution in [0.5, 0.6) is 5.75 Å². The Kier molecular flexibility index (Phi) is 8.07. The van der Waals surface area contributed by atoms with E-state index in [-0.39, 0.29) is 23.0 Å². The number of nitrogens with one attached hydrogen (secondary N) is 3. The van der Waals surface area contributed by atoms with E-state index in [1.54, 1.807) is 18.2 Å². The van der Waals surface area contributed by atoms with Crippen LogP contribution < -0.4 is 21.1 Å². The number of amides is 1. The maximum atomic E-state index is 13.3. The van der Waals surface area contributed by atoms with Crippen LogP contribution in [0, 0.1) is 12.3 Å². The van der Waals surface area contributed by atoms with Crippen molar-refractivity contribution in [2.45, 2.75) is 64.2 Å². The van der Waals surface area contributed by atoms with Gasteiger partial charge in [0.05, 0.1) is 30.6 Å². The number of carbonyl (C=O) groups excluding carboxylic acids is 1. The summed E-state index contributed by atoms with van der Waals surface area (Å²) in [6.07, 6.45) is 5.38. The number of carbonyl (C=O) groups is 1. The number of ether oxygens (including phenoxy) is 1. The summed E-state index contributed by atoms with van der Waals surface area (Å²) in [6.45, 7) is 6.97. The molecule has 1 fully saturated rings. The van der Waals surface area contributed by atoms with Crippen molar-refractivity contribution in [2.75, 3.05) is 30.0 Å². The molecule has 0 bridgehead atoms. The van der Waals surface area contributed by atoms with E-state index >= 15 is 0 Å². The van der Waals surface area contributed by atoms with Gasteiger partial charge in [-0.05, 0) is 63.8 Å². The lowest BCUT2D eigenvalue weighted by atomic mass is 9.80. The predicted octanol–water partition coefficient (Wildman–Crippen LogP) is 4.76. The van der Waals surface area contributed by atoms with Gasteiger partial charge in [-0.3, -0.25) is 15.1 Å². The first-order chi connectivity index (χ1) is 23.1. The minimum atomic E-state index is -0.261. The largest absolute Gasteiger partial charge is 0.495 e. The Morgan fingerprint density at radius 2 is 1.88 bits per heavy atom. The van der Waals surface area contributed by atoms with E-state index in [9.17, 15) is 10.2 Å². The third-order valence-electron chi connectivity index (χ3n) is 10.0. The molecule has 1 amide bonds. The number of aromatic nitrogens is 6. The van der Waals surface area contributed by atoms with Crippen LogP contribution in [-0.2, 0) is 20.1 Å². The summed E-state index contributed by atoms with van der Waals surface area (Å²) in [7, 11) is 3.40. The van der Waals surface area contributed by atoms with Crippen molar-refractivity contribution in [1.29, 1.82) is 5.41 Å². The Hall–Kier alpha value is -5.30. The Bertz CT molecular complexity index is 2020. The first-order valence-corrected chi connectivity index (χ1v) is 16.3. The minimum Gasteiger partial charge on any atom is -0.495 e. The first kappa shape index (κ1) is 31.3. The van der Waals surface area contributed by atoms with Crippen molar-refractivity contribution in [3.8, 4) is 5.75 Å². The molecule has 0 unspecified atom stereocenters. The maximum absolute atomic E-state index is 13.3. The number of hydrogen-bond acceptors (Lipinski definition) is 10. The predicted molar refractivity (Wildman–Crippen MR) is 186 cm³/mol. The van der Waals surface area contributed by atoms with E-state index in [4.69, 9.17) is 10.5 Å². The van der Waals surface area contributed by atoms with Crippen LogP contribution in [0.1, 0.15) is 65.9 Å². The van der Waals surface area contributed by atoms with Crippen LogP contribution in [0.4, 0.5) is 17.3 Å². The summed E-state index contributed by atoms with van der Waals surface area (Å²) in [5.41, 5.74) is 9.31. The summed E-state index contributed by atoms with van der Waals surface area (Å²) in [6, 6.07) is 15.4. The van der Waals surface area contributed by atoms with Gasteiger partial charge < -0.3 is 30.2 Å². The van der Waals surface area contributed by atoms with E-state index in [0.29, 0.717) is 40.1 Å². The third kappa shape index (κ3) is 5.74. The van der Waals surface area contributed by atoms with Crippen molar-refractivity contribution in [3.05, 3.63) is 83.3 Å². The second-order valence-corrected chi connectivity index (χ2v) is 13.1. The highest BCUT2D eigenvalue weighted by molar-refractivity contribution is 6.17. The fourth-order valence-corrected chi connectivity index (χ4v) is 7.18. The lowest BCUT2D eigenvalue weighted by Gasteiger charge is -2.43. The summed E-state index contributed by atoms with van der Waals surface area (Å²) < 4.78 is 9.75. The topological polar surface area (TPSA) is 165 Å². The number of para-hydroxylation sites is 1. The van der Waals surface area contributed by atoms with Crippen molar-refractivity contribution < 1.29 is 9.53 Å². The SMILES string of the molecule is COc1cc(C(=N)c2c(N)ncnc2NC2(C)CCC(N3CCn4c(C)nnc4C3)CC2)ccc1NC(=O)c1cc2ccccc2n1C. The number of hydrogen-bond donors (Lipinski definition) is 4. The first-order valence-electron chi connectivity index (χ1n) is 16.3. The summed E-state index contributed by atoms with van der Waals surface area (Å²) >= 11 is 0. The molecule has 4 heterocycles. The fraction of sp³-hybridized carbons (Fsp3) is 0.371. The molecule has 5 N–H and O–H groups in total. The molecule has 13 heteroatoms. The van der Waals surface area contributed by atoms with Crippen molar-refractivity contribution in [2.24, 2.45) is 7.05 Å². The number of nitrogen functional groups attached to an aromatic ring is 1. The van der Waals surface area contributed by atoms with Crippen LogP contribution in [0.15, 0.2) is 54.9 Å². The van der Waals surface area contributed by atoms with Gasteiger partial charge in [0.1, 0.15) is 41.1 Å². The number of benzene rings is 2. The summed E-state index contributed by atoms with van der Waals surface area (Å²) in [4.78, 5) is 24.6. The highest BCUT2D eigenvalue weighted by atomic mass is 16.5. The highest BCUT2D eigenvalue weighted by Gasteiger charge is 2.36. The monoisotopic (exact) mass is 647 g/mol. The van der Waals surface area contributed by atoms with Crippen LogP contribution >= 0.6 is 0 Å². The lowest BCUT2D eigenvalue weighted by Crippen LogP contribution is -2.48. The standard InChI is InChI=1S/C35H41N11O2/c1-21-42-43-29-19-45(15-16-46(21)29)24-11-13-35(2,14-12-24)41-33-30(32(37)38-20-39-33)31(36)23-9-10-25(28(18-23)48-4)40-34(47)27-17-22-7-5-6-8-26(22)44(27)3/h5-10,17-18,20,24,36H,11-16,19H2,1-4H3,(H,40,47)(H3,37,38,39,41). The molecule has 13 nitrogen and oxygen atoms in total. The number of nitrogens with two attached hydrogens (primary N) is 1. The molecule has 3 aromatic heterocycles. The number of aryl methyl sites for hydroxylation is 2. The average Bonchev–Trinajstić information content (AvgIpc) is 3.63. The molecule has 2 aromatic carbocycles. The van der Waals surface area contributed by atoms with E-state index in [0.717, 1.165) is 67.9 Å². The minimum absolute atomic E-state index is 0.158. The average molecular weight is 648 g/mol. The molecule has 0 saturated heterocycles. The Morgan fingerprint density at radius 3 is 2.65 bits per heavy atom. The van der Waals surface area contributed by atoms with Gasteiger partial charge in [-0.25, -0.2) is 9.97 Å². The van der Waals surface area contributed by atoms with Gasteiger partial charge in [0.2, 0.25) is 0 Å². The van der Waals surface area contributed by atoms with Gasteiger partial charge in [0, 0.05) is 48.2 Å². The number of anilines is 3. The van der Waals surface area contributed by atoms with Crippen LogP contribution in [0.2, 0.25) is 0 Å². The molecule has 0 atom stereocenters. The van der Waals surface area contributed by atoms with Gasteiger partial charge in [-0.15, -0.1) is 10.2 Å². The maximum Gasteiger partial charge on any atom is 0.272 e. The third-order valence-corrected chi connectivity index (χ3v) is 10.0. The molecule has 48 heavy (non-hydrogen) atoms. The summed E-state index contributed by atoms with van der Waals surface area (Å²) in [5, 5.41) is 25.5. The molecule has 2 aliphatic rings. The lowest BCUT2D eigenvalue weighted by molar-refractivity contribution is 0.101. The van der Waals surface area contributed by atoms with Crippen LogP contribution in [0.25, 0.3) is 10.9 Å². The van der Waals surface area contributed by atoms with Gasteiger partial charge in [-0.2, -0.15) is 0 Å². The molecule has 1 aliphatic carbocycles. The van der Waals surface area contributed by atoms with E-state index in [1.165, 1.54) is 13.4 Å². The number of rotatable bonds is 8. The van der Waals surface area contributed by atoms with Crippen molar-refractivity contribution >= 4 is 39.8 Å². The van der Waals surface area contributed by atoms with Gasteiger partial charge in [0.15, 0.2) is 0 Å². The quantitative estimate of drug-likeness (QED) is 0.174. The molecule has 0 spiro atoms. The van der Waals surface area contributed by atoms with E-state index < -0.39 is 0 Å². The number of nitrogens with zero attached hydrogens (tertiary/aromatic N) is 7. The van der Waals surface area contributed by atoms with Crippen molar-refractivity contribution in [1.82, 2.24) is 34.2 Å². The second-order valence-electron chi connectivity index (χ2n) is 13.1. The molecule has 7 rings (SSSR count). The van der Waals surface area contributed by atoms with E-state index in [2.05, 4.69) is 47.2 Å². The normalized spacial score (nSPS) is 19.5. The van der Waals surface area contributed by atoms with Gasteiger partial charge in [0.25, 0.3) is 5.91 Å². The Morgan fingerprint density at radius 1 is 1.08 bits per heavy atom. The van der Waals surface area contributed by atoms with Gasteiger partial charge in [-0.1, -0.05) is 24.3 Å². The van der Waals surface area contributed by atoms with Crippen LogP contribution in [0.3, 0.4) is 0 Å². The highest BCUT2D eigenvalue weighted by Crippen LogP contribution is 2.36. The second kappa shape index (κ2) is 12.4. The zero-order valence-corrected chi connectivity index (χ0v) is 27.7. The molecular formula is C35H41N11O2. The van der Waals surface area contributed by atoms with E-state index in [1.807, 2.05) is 48.9 Å². The van der Waals surface area contributed by atoms with Crippen LogP contribution in [-0.4, -0.2) is 71.1 Å². The smallest absolute Gasteiger partial charge is 0.272 e. The molecular weight excluding hydrogens is 606 g/mol. The molecule has 248 valence electrons. The number of fused-ring (bicyclic) bond motifs is 2. The fourth-order valence-electron chi connectivity index (χ4n) is 7.18. The summed E-state index contributed by atoms with van der Waals surface area (Å²) in [5.74, 6) is 2.93. The van der Waals surface area contributed by atoms with Crippen molar-refractivity contribution in [3.63, 3.8) is 0 Å². The molecule has 5 aromatic rings. The molecule has 1 aliphatic heterocycles. The Labute approximate surface area is 279 Å². The molecule has 1 saturated carbocycles.